The molecular weight excluding hydrogens is 258 g/mol. The van der Waals surface area contributed by atoms with Gasteiger partial charge in [0.2, 0.25) is 0 Å². The fourth-order valence-electron chi connectivity index (χ4n) is 2.03. The zero-order valence-electron chi connectivity index (χ0n) is 11.4. The van der Waals surface area contributed by atoms with Gasteiger partial charge in [0, 0.05) is 17.5 Å². The standard InChI is InChI=1S/C16H20ClNO/c1-3-15-8-9-16(19-15)11-18-12(2)10-13-4-6-14(17)7-5-13/h4-9,12,18H,3,10-11H2,1-2H3. The van der Waals surface area contributed by atoms with Gasteiger partial charge in [0.05, 0.1) is 6.54 Å². The Morgan fingerprint density at radius 1 is 1.11 bits per heavy atom. The Balaban J connectivity index is 1.81. The molecule has 1 N–H and O–H groups in total. The van der Waals surface area contributed by atoms with Crippen LogP contribution in [0.1, 0.15) is 30.9 Å². The summed E-state index contributed by atoms with van der Waals surface area (Å²) in [6.45, 7) is 5.05. The molecule has 0 radical (unpaired) electrons. The molecule has 0 fully saturated rings. The Bertz CT molecular complexity index is 504. The molecule has 1 aromatic carbocycles. The van der Waals surface area contributed by atoms with Crippen molar-refractivity contribution < 1.29 is 4.42 Å². The minimum Gasteiger partial charge on any atom is -0.465 e. The Kier molecular flexibility index (Phi) is 5.06. The van der Waals surface area contributed by atoms with E-state index < -0.39 is 0 Å². The van der Waals surface area contributed by atoms with Crippen LogP contribution in [0.4, 0.5) is 0 Å². The van der Waals surface area contributed by atoms with Crippen molar-refractivity contribution in [3.8, 4) is 0 Å². The summed E-state index contributed by atoms with van der Waals surface area (Å²) in [5.74, 6) is 2.04. The molecule has 0 amide bonds. The average Bonchev–Trinajstić information content (AvgIpc) is 2.87. The summed E-state index contributed by atoms with van der Waals surface area (Å²) < 4.78 is 5.67. The third-order valence-corrected chi connectivity index (χ3v) is 3.40. The summed E-state index contributed by atoms with van der Waals surface area (Å²) >= 11 is 5.88. The molecule has 0 spiro atoms. The smallest absolute Gasteiger partial charge is 0.117 e. The Labute approximate surface area is 119 Å². The van der Waals surface area contributed by atoms with Crippen LogP contribution < -0.4 is 5.32 Å². The largest absolute Gasteiger partial charge is 0.465 e. The second-order valence-electron chi connectivity index (χ2n) is 4.83. The fourth-order valence-corrected chi connectivity index (χ4v) is 2.15. The molecule has 0 aliphatic rings. The molecule has 0 bridgehead atoms. The average molecular weight is 278 g/mol. The van der Waals surface area contributed by atoms with Crippen LogP contribution in [0, 0.1) is 0 Å². The van der Waals surface area contributed by atoms with Crippen molar-refractivity contribution in [3.05, 3.63) is 58.5 Å². The van der Waals surface area contributed by atoms with Crippen molar-refractivity contribution in [2.45, 2.75) is 39.3 Å². The van der Waals surface area contributed by atoms with Gasteiger partial charge in [-0.3, -0.25) is 0 Å². The number of benzene rings is 1. The second kappa shape index (κ2) is 6.78. The molecule has 1 aromatic heterocycles. The van der Waals surface area contributed by atoms with E-state index in [-0.39, 0.29) is 0 Å². The molecule has 0 saturated heterocycles. The van der Waals surface area contributed by atoms with Crippen molar-refractivity contribution in [1.82, 2.24) is 5.32 Å². The number of aryl methyl sites for hydroxylation is 1. The number of hydrogen-bond donors (Lipinski definition) is 1. The van der Waals surface area contributed by atoms with Crippen LogP contribution >= 0.6 is 11.6 Å². The van der Waals surface area contributed by atoms with Gasteiger partial charge in [-0.25, -0.2) is 0 Å². The van der Waals surface area contributed by atoms with Gasteiger partial charge >= 0.3 is 0 Å². The van der Waals surface area contributed by atoms with Gasteiger partial charge in [-0.05, 0) is 43.2 Å². The van der Waals surface area contributed by atoms with E-state index in [1.165, 1.54) is 5.56 Å². The molecule has 1 heterocycles. The number of hydrogen-bond acceptors (Lipinski definition) is 2. The molecule has 0 aliphatic heterocycles. The van der Waals surface area contributed by atoms with Gasteiger partial charge in [-0.1, -0.05) is 30.7 Å². The molecule has 2 aromatic rings. The summed E-state index contributed by atoms with van der Waals surface area (Å²) in [6.07, 6.45) is 1.93. The highest BCUT2D eigenvalue weighted by Crippen LogP contribution is 2.12. The van der Waals surface area contributed by atoms with Gasteiger partial charge in [-0.15, -0.1) is 0 Å². The maximum atomic E-state index is 5.88. The number of rotatable bonds is 6. The number of nitrogens with one attached hydrogen (secondary N) is 1. The highest BCUT2D eigenvalue weighted by molar-refractivity contribution is 6.30. The summed E-state index contributed by atoms with van der Waals surface area (Å²) in [6, 6.07) is 12.5. The zero-order valence-corrected chi connectivity index (χ0v) is 12.2. The molecule has 0 saturated carbocycles. The lowest BCUT2D eigenvalue weighted by Crippen LogP contribution is -2.27. The van der Waals surface area contributed by atoms with Crippen LogP contribution in [0.25, 0.3) is 0 Å². The van der Waals surface area contributed by atoms with E-state index in [1.54, 1.807) is 0 Å². The Morgan fingerprint density at radius 3 is 2.42 bits per heavy atom. The highest BCUT2D eigenvalue weighted by atomic mass is 35.5. The zero-order chi connectivity index (χ0) is 13.7. The lowest BCUT2D eigenvalue weighted by molar-refractivity contribution is 0.431. The molecule has 2 rings (SSSR count). The SMILES string of the molecule is CCc1ccc(CNC(C)Cc2ccc(Cl)cc2)o1. The van der Waals surface area contributed by atoms with Gasteiger partial charge in [-0.2, -0.15) is 0 Å². The van der Waals surface area contributed by atoms with Crippen LogP contribution in [-0.2, 0) is 19.4 Å². The van der Waals surface area contributed by atoms with E-state index in [9.17, 15) is 0 Å². The molecule has 0 aliphatic carbocycles. The summed E-state index contributed by atoms with van der Waals surface area (Å²) in [5.41, 5.74) is 1.29. The molecule has 3 heteroatoms. The maximum absolute atomic E-state index is 5.88. The monoisotopic (exact) mass is 277 g/mol. The second-order valence-corrected chi connectivity index (χ2v) is 5.27. The third-order valence-electron chi connectivity index (χ3n) is 3.15. The quantitative estimate of drug-likeness (QED) is 0.855. The molecular formula is C16H20ClNO. The third kappa shape index (κ3) is 4.41. The Hall–Kier alpha value is -1.25. The molecule has 1 atom stereocenters. The van der Waals surface area contributed by atoms with Crippen molar-refractivity contribution in [2.24, 2.45) is 0 Å². The van der Waals surface area contributed by atoms with Gasteiger partial charge < -0.3 is 9.73 Å². The van der Waals surface area contributed by atoms with Crippen molar-refractivity contribution >= 4 is 11.6 Å². The van der Waals surface area contributed by atoms with Crippen LogP contribution in [0.15, 0.2) is 40.8 Å². The van der Waals surface area contributed by atoms with E-state index >= 15 is 0 Å². The van der Waals surface area contributed by atoms with E-state index in [0.717, 1.165) is 35.9 Å². The van der Waals surface area contributed by atoms with Crippen molar-refractivity contribution in [1.29, 1.82) is 0 Å². The van der Waals surface area contributed by atoms with Gasteiger partial charge in [0.15, 0.2) is 0 Å². The fraction of sp³-hybridized carbons (Fsp3) is 0.375. The van der Waals surface area contributed by atoms with Crippen molar-refractivity contribution in [2.75, 3.05) is 0 Å². The minimum absolute atomic E-state index is 0.399. The van der Waals surface area contributed by atoms with Crippen LogP contribution in [0.3, 0.4) is 0 Å². The first-order valence-corrected chi connectivity index (χ1v) is 7.10. The first-order chi connectivity index (χ1) is 9.17. The molecule has 102 valence electrons. The first kappa shape index (κ1) is 14.2. The minimum atomic E-state index is 0.399. The van der Waals surface area contributed by atoms with E-state index in [1.807, 2.05) is 24.3 Å². The predicted molar refractivity (Wildman–Crippen MR) is 79.5 cm³/mol. The maximum Gasteiger partial charge on any atom is 0.117 e. The van der Waals surface area contributed by atoms with Crippen LogP contribution in [-0.4, -0.2) is 6.04 Å². The Morgan fingerprint density at radius 2 is 1.79 bits per heavy atom. The molecule has 1 unspecified atom stereocenters. The molecule has 19 heavy (non-hydrogen) atoms. The van der Waals surface area contributed by atoms with Crippen LogP contribution in [0.5, 0.6) is 0 Å². The number of furan rings is 1. The number of halogens is 1. The summed E-state index contributed by atoms with van der Waals surface area (Å²) in [5, 5.41) is 4.26. The lowest BCUT2D eigenvalue weighted by atomic mass is 10.1. The van der Waals surface area contributed by atoms with E-state index in [0.29, 0.717) is 6.04 Å². The highest BCUT2D eigenvalue weighted by Gasteiger charge is 2.05. The summed E-state index contributed by atoms with van der Waals surface area (Å²) in [7, 11) is 0. The predicted octanol–water partition coefficient (Wildman–Crippen LogP) is 4.22. The van der Waals surface area contributed by atoms with Crippen LogP contribution in [0.2, 0.25) is 5.02 Å². The first-order valence-electron chi connectivity index (χ1n) is 6.72. The van der Waals surface area contributed by atoms with Gasteiger partial charge in [0.25, 0.3) is 0 Å². The normalized spacial score (nSPS) is 12.6. The molecule has 2 nitrogen and oxygen atoms in total. The lowest BCUT2D eigenvalue weighted by Gasteiger charge is -2.13. The van der Waals surface area contributed by atoms with E-state index in [2.05, 4.69) is 31.3 Å². The van der Waals surface area contributed by atoms with Crippen molar-refractivity contribution in [3.63, 3.8) is 0 Å². The summed E-state index contributed by atoms with van der Waals surface area (Å²) in [4.78, 5) is 0. The van der Waals surface area contributed by atoms with E-state index in [4.69, 9.17) is 16.0 Å². The topological polar surface area (TPSA) is 25.2 Å². The van der Waals surface area contributed by atoms with Gasteiger partial charge in [0.1, 0.15) is 11.5 Å².